The Balaban J connectivity index is 1.99. The fraction of sp³-hybridized carbons (Fsp3) is 0.278. The second kappa shape index (κ2) is 5.86. The van der Waals surface area contributed by atoms with E-state index in [2.05, 4.69) is 48.2 Å². The molecule has 0 aromatic heterocycles. The van der Waals surface area contributed by atoms with Crippen LogP contribution in [-0.4, -0.2) is 23.5 Å². The molecular weight excluding hydrogens is 278 g/mol. The summed E-state index contributed by atoms with van der Waals surface area (Å²) >= 11 is 5.71. The molecule has 0 amide bonds. The van der Waals surface area contributed by atoms with Gasteiger partial charge < -0.3 is 9.64 Å². The van der Waals surface area contributed by atoms with Crippen molar-refractivity contribution in [3.8, 4) is 5.75 Å². The van der Waals surface area contributed by atoms with Crippen LogP contribution in [0.5, 0.6) is 5.75 Å². The highest BCUT2D eigenvalue weighted by molar-refractivity contribution is 7.80. The van der Waals surface area contributed by atoms with Crippen LogP contribution in [0.25, 0.3) is 0 Å². The molecule has 2 aromatic carbocycles. The molecule has 108 valence electrons. The van der Waals surface area contributed by atoms with Gasteiger partial charge in [-0.3, -0.25) is 0 Å². The molecule has 0 spiro atoms. The molecule has 0 saturated heterocycles. The number of rotatable bonds is 3. The summed E-state index contributed by atoms with van der Waals surface area (Å²) in [5, 5.41) is 0. The molecule has 3 heteroatoms. The minimum Gasteiger partial charge on any atom is -0.497 e. The molecule has 3 rings (SSSR count). The van der Waals surface area contributed by atoms with E-state index in [1.165, 1.54) is 16.7 Å². The normalized spacial score (nSPS) is 17.5. The molecule has 1 atom stereocenters. The van der Waals surface area contributed by atoms with Crippen LogP contribution in [0.4, 0.5) is 0 Å². The van der Waals surface area contributed by atoms with E-state index in [0.717, 1.165) is 23.7 Å². The number of methoxy groups -OCH3 is 1. The second-order valence-corrected chi connectivity index (χ2v) is 5.63. The molecule has 2 aromatic rings. The van der Waals surface area contributed by atoms with Crippen molar-refractivity contribution in [1.29, 1.82) is 0 Å². The van der Waals surface area contributed by atoms with Crippen molar-refractivity contribution in [2.75, 3.05) is 13.7 Å². The van der Waals surface area contributed by atoms with Gasteiger partial charge in [-0.2, -0.15) is 0 Å². The monoisotopic (exact) mass is 297 g/mol. The summed E-state index contributed by atoms with van der Waals surface area (Å²) in [6.45, 7) is 3.08. The maximum atomic E-state index is 5.71. The lowest BCUT2D eigenvalue weighted by atomic mass is 9.90. The SMILES string of the molecule is CCN1C(=S)c2ccccc2CC1c1ccc(OC)cc1. The Morgan fingerprint density at radius 2 is 1.86 bits per heavy atom. The lowest BCUT2D eigenvalue weighted by molar-refractivity contribution is 0.324. The van der Waals surface area contributed by atoms with Crippen LogP contribution in [0, 0.1) is 0 Å². The third-order valence-electron chi connectivity index (χ3n) is 4.14. The van der Waals surface area contributed by atoms with Crippen molar-refractivity contribution in [1.82, 2.24) is 4.90 Å². The quantitative estimate of drug-likeness (QED) is 0.795. The van der Waals surface area contributed by atoms with E-state index < -0.39 is 0 Å². The Hall–Kier alpha value is -1.87. The maximum absolute atomic E-state index is 5.71. The zero-order chi connectivity index (χ0) is 14.8. The molecule has 1 aliphatic rings. The molecule has 1 aliphatic heterocycles. The lowest BCUT2D eigenvalue weighted by Gasteiger charge is -2.38. The summed E-state index contributed by atoms with van der Waals surface area (Å²) in [5.74, 6) is 0.889. The summed E-state index contributed by atoms with van der Waals surface area (Å²) in [6, 6.07) is 17.1. The van der Waals surface area contributed by atoms with Gasteiger partial charge in [-0.1, -0.05) is 48.6 Å². The number of benzene rings is 2. The molecule has 0 N–H and O–H groups in total. The fourth-order valence-electron chi connectivity index (χ4n) is 3.01. The van der Waals surface area contributed by atoms with E-state index in [1.807, 2.05) is 12.1 Å². The van der Waals surface area contributed by atoms with Crippen LogP contribution in [0.2, 0.25) is 0 Å². The fourth-order valence-corrected chi connectivity index (χ4v) is 3.47. The molecule has 21 heavy (non-hydrogen) atoms. The van der Waals surface area contributed by atoms with E-state index in [4.69, 9.17) is 17.0 Å². The van der Waals surface area contributed by atoms with Crippen LogP contribution in [0.1, 0.15) is 29.7 Å². The molecule has 0 radical (unpaired) electrons. The number of ether oxygens (including phenoxy) is 1. The first kappa shape index (κ1) is 14.1. The highest BCUT2D eigenvalue weighted by Crippen LogP contribution is 2.34. The first-order valence-electron chi connectivity index (χ1n) is 7.27. The van der Waals surface area contributed by atoms with Crippen molar-refractivity contribution >= 4 is 17.2 Å². The van der Waals surface area contributed by atoms with Crippen molar-refractivity contribution in [2.45, 2.75) is 19.4 Å². The van der Waals surface area contributed by atoms with Gasteiger partial charge in [0.15, 0.2) is 0 Å². The Morgan fingerprint density at radius 3 is 2.52 bits per heavy atom. The van der Waals surface area contributed by atoms with Gasteiger partial charge in [-0.05, 0) is 36.6 Å². The summed E-state index contributed by atoms with van der Waals surface area (Å²) in [4.78, 5) is 3.28. The zero-order valence-electron chi connectivity index (χ0n) is 12.4. The second-order valence-electron chi connectivity index (χ2n) is 5.24. The molecule has 0 bridgehead atoms. The summed E-state index contributed by atoms with van der Waals surface area (Å²) in [5.41, 5.74) is 3.83. The minimum atomic E-state index is 0.309. The van der Waals surface area contributed by atoms with Crippen molar-refractivity contribution in [3.63, 3.8) is 0 Å². The molecule has 0 saturated carbocycles. The van der Waals surface area contributed by atoms with Gasteiger partial charge in [0, 0.05) is 12.1 Å². The molecule has 2 nitrogen and oxygen atoms in total. The third kappa shape index (κ3) is 2.54. The van der Waals surface area contributed by atoms with Crippen LogP contribution < -0.4 is 4.74 Å². The standard InChI is InChI=1S/C18H19NOS/c1-3-19-17(13-8-10-15(20-2)11-9-13)12-14-6-4-5-7-16(14)18(19)21/h4-11,17H,3,12H2,1-2H3. The number of likely N-dealkylation sites (N-methyl/N-ethyl adjacent to an activating group) is 1. The molecule has 1 heterocycles. The van der Waals surface area contributed by atoms with Gasteiger partial charge in [0.25, 0.3) is 0 Å². The number of hydrogen-bond acceptors (Lipinski definition) is 2. The summed E-state index contributed by atoms with van der Waals surface area (Å²) in [7, 11) is 1.69. The van der Waals surface area contributed by atoms with E-state index in [0.29, 0.717) is 6.04 Å². The van der Waals surface area contributed by atoms with E-state index >= 15 is 0 Å². The van der Waals surface area contributed by atoms with Gasteiger partial charge in [0.05, 0.1) is 13.2 Å². The zero-order valence-corrected chi connectivity index (χ0v) is 13.2. The first-order valence-corrected chi connectivity index (χ1v) is 7.68. The van der Waals surface area contributed by atoms with Gasteiger partial charge in [0.2, 0.25) is 0 Å². The average molecular weight is 297 g/mol. The Labute approximate surface area is 131 Å². The number of hydrogen-bond donors (Lipinski definition) is 0. The van der Waals surface area contributed by atoms with E-state index in [-0.39, 0.29) is 0 Å². The molecule has 0 aliphatic carbocycles. The Morgan fingerprint density at radius 1 is 1.14 bits per heavy atom. The summed E-state index contributed by atoms with van der Waals surface area (Å²) < 4.78 is 5.25. The highest BCUT2D eigenvalue weighted by Gasteiger charge is 2.29. The topological polar surface area (TPSA) is 12.5 Å². The van der Waals surface area contributed by atoms with Crippen LogP contribution in [0.3, 0.4) is 0 Å². The van der Waals surface area contributed by atoms with Crippen molar-refractivity contribution in [3.05, 3.63) is 65.2 Å². The smallest absolute Gasteiger partial charge is 0.118 e. The predicted octanol–water partition coefficient (Wildman–Crippen LogP) is 3.99. The molecular formula is C18H19NOS. The Kier molecular flexibility index (Phi) is 3.93. The first-order chi connectivity index (χ1) is 10.2. The lowest BCUT2D eigenvalue weighted by Crippen LogP contribution is -2.39. The Bertz CT molecular complexity index is 651. The van der Waals surface area contributed by atoms with Crippen LogP contribution >= 0.6 is 12.2 Å². The van der Waals surface area contributed by atoms with E-state index in [1.54, 1.807) is 7.11 Å². The number of nitrogens with zero attached hydrogens (tertiary/aromatic N) is 1. The van der Waals surface area contributed by atoms with Gasteiger partial charge >= 0.3 is 0 Å². The third-order valence-corrected chi connectivity index (χ3v) is 4.59. The van der Waals surface area contributed by atoms with Crippen LogP contribution in [-0.2, 0) is 6.42 Å². The number of thiocarbonyl (C=S) groups is 1. The van der Waals surface area contributed by atoms with Gasteiger partial charge in [-0.25, -0.2) is 0 Å². The van der Waals surface area contributed by atoms with Gasteiger partial charge in [-0.15, -0.1) is 0 Å². The van der Waals surface area contributed by atoms with Crippen LogP contribution in [0.15, 0.2) is 48.5 Å². The molecule has 1 unspecified atom stereocenters. The summed E-state index contributed by atoms with van der Waals surface area (Å²) in [6.07, 6.45) is 0.997. The maximum Gasteiger partial charge on any atom is 0.118 e. The highest BCUT2D eigenvalue weighted by atomic mass is 32.1. The van der Waals surface area contributed by atoms with Gasteiger partial charge in [0.1, 0.15) is 10.7 Å². The number of fused-ring (bicyclic) bond motifs is 1. The van der Waals surface area contributed by atoms with E-state index in [9.17, 15) is 0 Å². The predicted molar refractivity (Wildman–Crippen MR) is 90.0 cm³/mol. The molecule has 0 fully saturated rings. The van der Waals surface area contributed by atoms with Crippen molar-refractivity contribution in [2.24, 2.45) is 0 Å². The average Bonchev–Trinajstić information content (AvgIpc) is 2.55. The largest absolute Gasteiger partial charge is 0.497 e. The van der Waals surface area contributed by atoms with Crippen molar-refractivity contribution < 1.29 is 4.74 Å². The minimum absolute atomic E-state index is 0.309.